The maximum atomic E-state index is 12.6. The number of fused-ring (bicyclic) bond motifs is 5. The molecule has 0 aromatic carbocycles. The largest absolute Gasteiger partial charge is 0.461 e. The van der Waals surface area contributed by atoms with Gasteiger partial charge in [-0.1, -0.05) is 12.2 Å². The Morgan fingerprint density at radius 3 is 3.00 bits per heavy atom. The molecule has 4 rings (SSSR count). The van der Waals surface area contributed by atoms with E-state index in [1.165, 1.54) is 12.8 Å². The molecule has 82 valence electrons. The van der Waals surface area contributed by atoms with E-state index in [1.54, 1.807) is 12.3 Å². The molecule has 1 heterocycles. The lowest BCUT2D eigenvalue weighted by molar-refractivity contribution is 0.0177. The van der Waals surface area contributed by atoms with Crippen molar-refractivity contribution in [2.75, 3.05) is 0 Å². The number of hydrogen-bond donors (Lipinski definition) is 0. The van der Waals surface area contributed by atoms with Gasteiger partial charge in [0.05, 0.1) is 6.26 Å². The van der Waals surface area contributed by atoms with Gasteiger partial charge in [0.15, 0.2) is 5.76 Å². The fraction of sp³-hybridized carbons (Fsp3) is 0.500. The zero-order chi connectivity index (χ0) is 10.8. The molecule has 4 atom stereocenters. The summed E-state index contributed by atoms with van der Waals surface area (Å²) in [7, 11) is 0. The first-order valence-corrected chi connectivity index (χ1v) is 6.09. The second-order valence-electron chi connectivity index (χ2n) is 5.38. The van der Waals surface area contributed by atoms with Gasteiger partial charge in [-0.05, 0) is 49.1 Å². The van der Waals surface area contributed by atoms with E-state index in [0.717, 1.165) is 6.42 Å². The Labute approximate surface area is 94.3 Å². The molecule has 0 radical (unpaired) electrons. The minimum absolute atomic E-state index is 0.0860. The summed E-state index contributed by atoms with van der Waals surface area (Å²) in [6, 6.07) is 3.61. The first-order chi connectivity index (χ1) is 7.82. The second kappa shape index (κ2) is 2.68. The van der Waals surface area contributed by atoms with E-state index in [0.29, 0.717) is 23.5 Å². The van der Waals surface area contributed by atoms with Crippen LogP contribution in [0.1, 0.15) is 29.8 Å². The van der Waals surface area contributed by atoms with Crippen molar-refractivity contribution in [3.05, 3.63) is 36.3 Å². The molecule has 1 aromatic rings. The van der Waals surface area contributed by atoms with E-state index < -0.39 is 0 Å². The van der Waals surface area contributed by atoms with E-state index in [2.05, 4.69) is 12.2 Å². The van der Waals surface area contributed by atoms with Crippen LogP contribution in [0.25, 0.3) is 0 Å². The van der Waals surface area contributed by atoms with E-state index in [9.17, 15) is 4.79 Å². The summed E-state index contributed by atoms with van der Waals surface area (Å²) in [6.45, 7) is 0. The normalized spacial score (nSPS) is 43.1. The predicted molar refractivity (Wildman–Crippen MR) is 58.9 cm³/mol. The van der Waals surface area contributed by atoms with Crippen molar-refractivity contribution in [1.82, 2.24) is 0 Å². The molecule has 2 bridgehead atoms. The molecule has 2 heteroatoms. The van der Waals surface area contributed by atoms with Crippen LogP contribution >= 0.6 is 0 Å². The third kappa shape index (κ3) is 0.796. The molecule has 2 saturated carbocycles. The smallest absolute Gasteiger partial charge is 0.204 e. The van der Waals surface area contributed by atoms with Crippen LogP contribution in [0.3, 0.4) is 0 Å². The van der Waals surface area contributed by atoms with Crippen LogP contribution in [-0.2, 0) is 0 Å². The van der Waals surface area contributed by atoms with E-state index in [4.69, 9.17) is 4.42 Å². The molecule has 3 aliphatic rings. The summed E-state index contributed by atoms with van der Waals surface area (Å²) in [5.41, 5.74) is -0.0860. The molecule has 0 amide bonds. The van der Waals surface area contributed by atoms with Crippen LogP contribution in [-0.4, -0.2) is 5.78 Å². The van der Waals surface area contributed by atoms with Crippen LogP contribution in [0.15, 0.2) is 35.0 Å². The minimum Gasteiger partial charge on any atom is -0.461 e. The molecule has 3 aliphatic carbocycles. The highest BCUT2D eigenvalue weighted by Gasteiger charge is 2.65. The van der Waals surface area contributed by atoms with Gasteiger partial charge in [0.2, 0.25) is 5.78 Å². The Hall–Kier alpha value is -1.31. The van der Waals surface area contributed by atoms with Crippen molar-refractivity contribution in [2.24, 2.45) is 23.2 Å². The first kappa shape index (κ1) is 8.80. The molecule has 16 heavy (non-hydrogen) atoms. The van der Waals surface area contributed by atoms with Crippen molar-refractivity contribution in [2.45, 2.75) is 19.3 Å². The zero-order valence-electron chi connectivity index (χ0n) is 9.06. The molecule has 0 saturated heterocycles. The van der Waals surface area contributed by atoms with Gasteiger partial charge in [-0.25, -0.2) is 0 Å². The van der Waals surface area contributed by atoms with Gasteiger partial charge in [-0.2, -0.15) is 0 Å². The maximum absolute atomic E-state index is 12.6. The lowest BCUT2D eigenvalue weighted by Crippen LogP contribution is -2.49. The van der Waals surface area contributed by atoms with Crippen LogP contribution in [0.5, 0.6) is 0 Å². The lowest BCUT2D eigenvalue weighted by atomic mass is 9.53. The highest BCUT2D eigenvalue weighted by molar-refractivity contribution is 6.00. The quantitative estimate of drug-likeness (QED) is 0.559. The monoisotopic (exact) mass is 214 g/mol. The summed E-state index contributed by atoms with van der Waals surface area (Å²) < 4.78 is 5.29. The molecule has 4 unspecified atom stereocenters. The van der Waals surface area contributed by atoms with E-state index in [-0.39, 0.29) is 11.2 Å². The number of allylic oxidation sites excluding steroid dienone is 2. The number of carbonyl (C=O) groups is 1. The number of carbonyl (C=O) groups excluding carboxylic acids is 1. The SMILES string of the molecule is O=C(c1ccco1)C12CCC1C1C=CC2C1. The first-order valence-electron chi connectivity index (χ1n) is 6.09. The highest BCUT2D eigenvalue weighted by Crippen LogP contribution is 2.67. The van der Waals surface area contributed by atoms with Crippen molar-refractivity contribution in [3.63, 3.8) is 0 Å². The summed E-state index contributed by atoms with van der Waals surface area (Å²) in [6.07, 6.45) is 9.65. The molecule has 0 spiro atoms. The predicted octanol–water partition coefficient (Wildman–Crippen LogP) is 3.06. The average Bonchev–Trinajstić information content (AvgIpc) is 2.88. The highest BCUT2D eigenvalue weighted by atomic mass is 16.3. The molecular formula is C14H14O2. The molecule has 0 aliphatic heterocycles. The fourth-order valence-corrected chi connectivity index (χ4v) is 4.17. The molecular weight excluding hydrogens is 200 g/mol. The Bertz CT molecular complexity index is 471. The number of Topliss-reactive ketones (excluding diaryl/α,β-unsaturated/α-hetero) is 1. The molecule has 0 N–H and O–H groups in total. The molecule has 2 nitrogen and oxygen atoms in total. The van der Waals surface area contributed by atoms with Crippen LogP contribution in [0, 0.1) is 23.2 Å². The second-order valence-corrected chi connectivity index (χ2v) is 5.38. The van der Waals surface area contributed by atoms with Gasteiger partial charge >= 0.3 is 0 Å². The number of ketones is 1. The number of rotatable bonds is 2. The van der Waals surface area contributed by atoms with Gasteiger partial charge < -0.3 is 4.42 Å². The van der Waals surface area contributed by atoms with Crippen molar-refractivity contribution < 1.29 is 9.21 Å². The van der Waals surface area contributed by atoms with Gasteiger partial charge in [0.25, 0.3) is 0 Å². The molecule has 2 fully saturated rings. The lowest BCUT2D eigenvalue weighted by Gasteiger charge is -2.49. The Balaban J connectivity index is 1.78. The van der Waals surface area contributed by atoms with Crippen LogP contribution in [0.2, 0.25) is 0 Å². The average molecular weight is 214 g/mol. The summed E-state index contributed by atoms with van der Waals surface area (Å²) >= 11 is 0. The van der Waals surface area contributed by atoms with Crippen molar-refractivity contribution >= 4 is 5.78 Å². The molecule has 1 aromatic heterocycles. The zero-order valence-corrected chi connectivity index (χ0v) is 9.06. The maximum Gasteiger partial charge on any atom is 0.204 e. The number of furan rings is 1. The van der Waals surface area contributed by atoms with E-state index in [1.807, 2.05) is 6.07 Å². The van der Waals surface area contributed by atoms with Gasteiger partial charge in [0, 0.05) is 5.41 Å². The van der Waals surface area contributed by atoms with Gasteiger partial charge in [0.1, 0.15) is 0 Å². The van der Waals surface area contributed by atoms with Crippen LogP contribution in [0.4, 0.5) is 0 Å². The topological polar surface area (TPSA) is 30.2 Å². The van der Waals surface area contributed by atoms with Crippen LogP contribution < -0.4 is 0 Å². The summed E-state index contributed by atoms with van der Waals surface area (Å²) in [4.78, 5) is 12.6. The third-order valence-electron chi connectivity index (χ3n) is 4.99. The summed E-state index contributed by atoms with van der Waals surface area (Å²) in [5, 5.41) is 0. The standard InChI is InChI=1S/C14H14O2/c15-13(12-2-1-7-16-12)14-6-5-11(14)9-3-4-10(14)8-9/h1-4,7,9-11H,5-6,8H2. The van der Waals surface area contributed by atoms with Gasteiger partial charge in [-0.15, -0.1) is 0 Å². The summed E-state index contributed by atoms with van der Waals surface area (Å²) in [5.74, 6) is 2.56. The fourth-order valence-electron chi connectivity index (χ4n) is 4.17. The van der Waals surface area contributed by atoms with Crippen molar-refractivity contribution in [1.29, 1.82) is 0 Å². The third-order valence-corrected chi connectivity index (χ3v) is 4.99. The Kier molecular flexibility index (Phi) is 1.47. The Morgan fingerprint density at radius 1 is 1.44 bits per heavy atom. The van der Waals surface area contributed by atoms with Crippen molar-refractivity contribution in [3.8, 4) is 0 Å². The van der Waals surface area contributed by atoms with Gasteiger partial charge in [-0.3, -0.25) is 4.79 Å². The number of hydrogen-bond acceptors (Lipinski definition) is 2. The minimum atomic E-state index is -0.0860. The van der Waals surface area contributed by atoms with E-state index >= 15 is 0 Å². The Morgan fingerprint density at radius 2 is 2.38 bits per heavy atom.